The van der Waals surface area contributed by atoms with Gasteiger partial charge in [-0.2, -0.15) is 0 Å². The molecule has 4 unspecified atom stereocenters. The van der Waals surface area contributed by atoms with Gasteiger partial charge in [0.15, 0.2) is 0 Å². The van der Waals surface area contributed by atoms with Gasteiger partial charge in [-0.3, -0.25) is 14.6 Å². The Morgan fingerprint density at radius 1 is 1.20 bits per heavy atom. The van der Waals surface area contributed by atoms with E-state index in [0.717, 1.165) is 31.8 Å². The average Bonchev–Trinajstić information content (AvgIpc) is 2.94. The van der Waals surface area contributed by atoms with Crippen molar-refractivity contribution in [3.63, 3.8) is 0 Å². The molecular weight excluding hydrogens is 252 g/mol. The first-order chi connectivity index (χ1) is 9.55. The van der Waals surface area contributed by atoms with Crippen LogP contribution in [0.5, 0.6) is 0 Å². The van der Waals surface area contributed by atoms with Crippen LogP contribution < -0.4 is 11.1 Å². The second kappa shape index (κ2) is 5.28. The fourth-order valence-electron chi connectivity index (χ4n) is 4.57. The van der Waals surface area contributed by atoms with Crippen LogP contribution in [0.1, 0.15) is 38.5 Å². The van der Waals surface area contributed by atoms with Crippen LogP contribution in [0.4, 0.5) is 0 Å². The maximum Gasteiger partial charge on any atom is 0.237 e. The Hall–Kier alpha value is -0.650. The smallest absolute Gasteiger partial charge is 0.237 e. The molecule has 0 aromatic carbocycles. The Balaban J connectivity index is 1.68. The molecule has 5 nitrogen and oxygen atoms in total. The van der Waals surface area contributed by atoms with Crippen LogP contribution in [-0.4, -0.2) is 66.6 Å². The lowest BCUT2D eigenvalue weighted by Crippen LogP contribution is -2.53. The summed E-state index contributed by atoms with van der Waals surface area (Å²) < 4.78 is 0. The standard InChI is InChI=1S/C15H28N4O/c1-17-15(14(16)20)7-5-12(9-15)19-8-6-11-3-4-13(10-19)18(11)2/h11-13,17H,3-10H2,1-2H3,(H2,16,20). The van der Waals surface area contributed by atoms with Crippen LogP contribution in [0.25, 0.3) is 0 Å². The maximum absolute atomic E-state index is 11.8. The van der Waals surface area contributed by atoms with Crippen molar-refractivity contribution in [1.82, 2.24) is 15.1 Å². The van der Waals surface area contributed by atoms with E-state index in [4.69, 9.17) is 5.73 Å². The molecule has 0 aromatic heterocycles. The van der Waals surface area contributed by atoms with E-state index in [1.54, 1.807) is 0 Å². The molecule has 1 amide bonds. The minimum atomic E-state index is -0.470. The van der Waals surface area contributed by atoms with Gasteiger partial charge in [0, 0.05) is 24.7 Å². The number of carbonyl (C=O) groups excluding carboxylic acids is 1. The highest BCUT2D eigenvalue weighted by atomic mass is 16.1. The third kappa shape index (κ3) is 2.26. The summed E-state index contributed by atoms with van der Waals surface area (Å²) in [6.45, 7) is 2.34. The number of hydrogen-bond donors (Lipinski definition) is 2. The molecule has 114 valence electrons. The molecule has 5 heteroatoms. The van der Waals surface area contributed by atoms with Gasteiger partial charge in [-0.1, -0.05) is 0 Å². The molecule has 2 saturated heterocycles. The van der Waals surface area contributed by atoms with Crippen molar-refractivity contribution in [1.29, 1.82) is 0 Å². The highest BCUT2D eigenvalue weighted by Gasteiger charge is 2.46. The van der Waals surface area contributed by atoms with Crippen LogP contribution in [0, 0.1) is 0 Å². The minimum absolute atomic E-state index is 0.184. The molecule has 3 rings (SSSR count). The van der Waals surface area contributed by atoms with Crippen molar-refractivity contribution < 1.29 is 4.79 Å². The molecule has 0 spiro atoms. The van der Waals surface area contributed by atoms with Crippen LogP contribution >= 0.6 is 0 Å². The fourth-order valence-corrected chi connectivity index (χ4v) is 4.57. The summed E-state index contributed by atoms with van der Waals surface area (Å²) in [5.41, 5.74) is 5.15. The van der Waals surface area contributed by atoms with Gasteiger partial charge in [0.1, 0.15) is 0 Å². The van der Waals surface area contributed by atoms with Gasteiger partial charge in [-0.15, -0.1) is 0 Å². The molecule has 1 saturated carbocycles. The number of likely N-dealkylation sites (N-methyl/N-ethyl adjacent to an activating group) is 2. The first-order valence-corrected chi connectivity index (χ1v) is 8.00. The van der Waals surface area contributed by atoms with Crippen LogP contribution in [0.3, 0.4) is 0 Å². The van der Waals surface area contributed by atoms with Gasteiger partial charge >= 0.3 is 0 Å². The molecule has 4 atom stereocenters. The lowest BCUT2D eigenvalue weighted by atomic mass is 9.96. The highest BCUT2D eigenvalue weighted by molar-refractivity contribution is 5.85. The zero-order valence-corrected chi connectivity index (χ0v) is 12.8. The largest absolute Gasteiger partial charge is 0.368 e. The number of amides is 1. The summed E-state index contributed by atoms with van der Waals surface area (Å²) in [6.07, 6.45) is 6.81. The van der Waals surface area contributed by atoms with Crippen molar-refractivity contribution in [3.05, 3.63) is 0 Å². The van der Waals surface area contributed by atoms with E-state index in [9.17, 15) is 4.79 Å². The first-order valence-electron chi connectivity index (χ1n) is 8.00. The van der Waals surface area contributed by atoms with Gasteiger partial charge in [-0.05, 0) is 59.2 Å². The molecule has 0 radical (unpaired) electrons. The van der Waals surface area contributed by atoms with E-state index in [0.29, 0.717) is 12.1 Å². The molecule has 2 bridgehead atoms. The van der Waals surface area contributed by atoms with Crippen molar-refractivity contribution in [2.45, 2.75) is 62.2 Å². The number of nitrogens with two attached hydrogens (primary N) is 1. The molecule has 0 aromatic rings. The van der Waals surface area contributed by atoms with E-state index >= 15 is 0 Å². The predicted molar refractivity (Wildman–Crippen MR) is 79.4 cm³/mol. The van der Waals surface area contributed by atoms with Crippen molar-refractivity contribution in [2.75, 3.05) is 27.2 Å². The quantitative estimate of drug-likeness (QED) is 0.772. The first kappa shape index (κ1) is 14.3. The second-order valence-electron chi connectivity index (χ2n) is 6.93. The zero-order chi connectivity index (χ0) is 14.3. The van der Waals surface area contributed by atoms with Crippen LogP contribution in [-0.2, 0) is 4.79 Å². The normalized spacial score (nSPS) is 42.8. The number of carbonyl (C=O) groups is 1. The SMILES string of the molecule is CNC1(C(N)=O)CCC(N2CCC3CCC(C2)N3C)C1. The molecule has 3 aliphatic rings. The van der Waals surface area contributed by atoms with Gasteiger partial charge in [-0.25, -0.2) is 0 Å². The maximum atomic E-state index is 11.8. The van der Waals surface area contributed by atoms with Gasteiger partial charge in [0.25, 0.3) is 0 Å². The predicted octanol–water partition coefficient (Wildman–Crippen LogP) is 0.151. The lowest BCUT2D eigenvalue weighted by Gasteiger charge is -2.32. The Morgan fingerprint density at radius 2 is 1.95 bits per heavy atom. The molecule has 2 heterocycles. The minimum Gasteiger partial charge on any atom is -0.368 e. The van der Waals surface area contributed by atoms with Crippen LogP contribution in [0.2, 0.25) is 0 Å². The van der Waals surface area contributed by atoms with Gasteiger partial charge in [0.05, 0.1) is 5.54 Å². The summed E-state index contributed by atoms with van der Waals surface area (Å²) >= 11 is 0. The lowest BCUT2D eigenvalue weighted by molar-refractivity contribution is -0.124. The fraction of sp³-hybridized carbons (Fsp3) is 0.933. The topological polar surface area (TPSA) is 61.6 Å². The van der Waals surface area contributed by atoms with Gasteiger partial charge in [0.2, 0.25) is 5.91 Å². The Kier molecular flexibility index (Phi) is 3.77. The molecule has 3 fully saturated rings. The average molecular weight is 280 g/mol. The molecular formula is C15H28N4O. The van der Waals surface area contributed by atoms with Gasteiger partial charge < -0.3 is 11.1 Å². The number of nitrogens with zero attached hydrogens (tertiary/aromatic N) is 2. The van der Waals surface area contributed by atoms with E-state index < -0.39 is 5.54 Å². The number of nitrogens with one attached hydrogen (secondary N) is 1. The summed E-state index contributed by atoms with van der Waals surface area (Å²) in [5.74, 6) is -0.184. The van der Waals surface area contributed by atoms with Crippen molar-refractivity contribution in [3.8, 4) is 0 Å². The second-order valence-corrected chi connectivity index (χ2v) is 6.93. The summed E-state index contributed by atoms with van der Waals surface area (Å²) in [5, 5.41) is 3.19. The highest BCUT2D eigenvalue weighted by Crippen LogP contribution is 2.36. The van der Waals surface area contributed by atoms with Crippen LogP contribution in [0.15, 0.2) is 0 Å². The Labute approximate surface area is 121 Å². The van der Waals surface area contributed by atoms with E-state index in [-0.39, 0.29) is 5.91 Å². The van der Waals surface area contributed by atoms with E-state index in [1.165, 1.54) is 25.8 Å². The molecule has 20 heavy (non-hydrogen) atoms. The monoisotopic (exact) mass is 280 g/mol. The molecule has 1 aliphatic carbocycles. The Bertz CT molecular complexity index is 388. The summed E-state index contributed by atoms with van der Waals surface area (Å²) in [6, 6.07) is 2.00. The third-order valence-corrected chi connectivity index (χ3v) is 6.13. The van der Waals surface area contributed by atoms with E-state index in [1.807, 2.05) is 7.05 Å². The van der Waals surface area contributed by atoms with Crippen molar-refractivity contribution in [2.24, 2.45) is 5.73 Å². The summed E-state index contributed by atoms with van der Waals surface area (Å²) in [4.78, 5) is 17.0. The Morgan fingerprint density at radius 3 is 2.60 bits per heavy atom. The number of rotatable bonds is 3. The number of likely N-dealkylation sites (tertiary alicyclic amines) is 1. The molecule has 3 N–H and O–H groups in total. The molecule has 2 aliphatic heterocycles. The third-order valence-electron chi connectivity index (χ3n) is 6.13. The van der Waals surface area contributed by atoms with Crippen molar-refractivity contribution >= 4 is 5.91 Å². The van der Waals surface area contributed by atoms with E-state index in [2.05, 4.69) is 22.2 Å². The zero-order valence-electron chi connectivity index (χ0n) is 12.8. The summed E-state index contributed by atoms with van der Waals surface area (Å²) in [7, 11) is 4.15. The number of primary amides is 1. The number of fused-ring (bicyclic) bond motifs is 2. The number of hydrogen-bond acceptors (Lipinski definition) is 4.